The molecule has 0 bridgehead atoms. The van der Waals surface area contributed by atoms with Gasteiger partial charge in [-0.2, -0.15) is 0 Å². The minimum absolute atomic E-state index is 0.00328. The first-order valence-corrected chi connectivity index (χ1v) is 49.3. The first-order chi connectivity index (χ1) is 67.2. The van der Waals surface area contributed by atoms with Crippen LogP contribution in [-0.2, 0) is 112 Å². The van der Waals surface area contributed by atoms with E-state index in [0.717, 1.165) is 31.4 Å². The molecule has 4 aliphatic rings. The summed E-state index contributed by atoms with van der Waals surface area (Å²) in [6.45, 7) is 6.97. The molecule has 141 heavy (non-hydrogen) atoms. The number of nitrogens with one attached hydrogen (secondary N) is 11. The summed E-state index contributed by atoms with van der Waals surface area (Å²) < 4.78 is 1.46. The minimum atomic E-state index is -1.77. The van der Waals surface area contributed by atoms with Crippen LogP contribution in [0.5, 0.6) is 5.75 Å². The van der Waals surface area contributed by atoms with Gasteiger partial charge in [0.15, 0.2) is 0 Å². The standard InChI is InChI=1S/C97H138N22O21S/c1-9-11-27-76-90(133)108-68(40-55(3)4)87(130)113-74(85(128)104-49-81(101)123)53-141-54-82(124)105-71(41-57-31-33-61(120)34-32-57)93(136)114(6)56(5)84(127)111-73(46-80(100)122)96(139)118-39-21-30-77(118)91(134)109-69(42-58-35-38-102-47-58)88(131)107-67(26-18-20-37-99)95(138)119-51-62(121)45-79(119)92(135)110-70(43-59-48-103-65-24-15-13-22-63(59)65)89(132)106-66(25-17-19-36-98)86(129)112-72(94(137)116(8)78(28-12-10-2)97(140)115(76)7)44-60-50-117(52-83(125)126)75-29-16-14-23-64(60)75/h13-16,22-24,29,31-34,38,47-48,50,55-56,62,66-74,76-79,103,120-121H,9-12,17-21,25-28,30,35-37,39-46,49,51-54,98-99H2,1-8H3,(H2,100,122)(H2,101,123)(H,104,128)(H,105,124)(H,106,132)(H,107,131)(H,108,133)(H,109,134)(H,110,135)(H,111,127)(H,112,129)(H,113,130)(H,125,126)/t56-,62+,66-,67-,68-,69-,70-,71-,72-,73-,74-,76-,77-,78-,79-/m0/s1. The number of carbonyl (C=O) groups is 18. The van der Waals surface area contributed by atoms with E-state index in [-0.39, 0.29) is 128 Å². The van der Waals surface area contributed by atoms with Gasteiger partial charge in [0, 0.05) is 119 Å². The number of phenolic OH excluding ortho intramolecular Hbond substituents is 1. The van der Waals surface area contributed by atoms with Crippen LogP contribution in [0.4, 0.5) is 0 Å². The number of fused-ring (bicyclic) bond motifs is 4. The highest BCUT2D eigenvalue weighted by Gasteiger charge is 2.47. The lowest BCUT2D eigenvalue weighted by Crippen LogP contribution is -2.61. The van der Waals surface area contributed by atoms with E-state index in [9.17, 15) is 58.5 Å². The maximum Gasteiger partial charge on any atom is 0.323 e. The predicted molar refractivity (Wildman–Crippen MR) is 524 cm³/mol. The van der Waals surface area contributed by atoms with Crippen LogP contribution >= 0.6 is 11.8 Å². The fourth-order valence-electron chi connectivity index (χ4n) is 17.9. The number of carbonyl (C=O) groups excluding carboxylic acids is 17. The third-order valence-corrected chi connectivity index (χ3v) is 26.8. The monoisotopic (exact) mass is 1980 g/mol. The number of nitrogens with two attached hydrogens (primary N) is 4. The van der Waals surface area contributed by atoms with Crippen LogP contribution in [0.1, 0.15) is 173 Å². The topological polar surface area (TPSA) is 642 Å². The molecule has 6 heterocycles. The van der Waals surface area contributed by atoms with Crippen molar-refractivity contribution in [2.24, 2.45) is 33.8 Å². The number of amides is 17. The number of aromatic nitrogens is 2. The van der Waals surface area contributed by atoms with Crippen LogP contribution in [0.25, 0.3) is 21.8 Å². The number of aliphatic hydroxyl groups is 1. The Morgan fingerprint density at radius 2 is 1.11 bits per heavy atom. The Bertz CT molecular complexity index is 5360. The Kier molecular flexibility index (Phi) is 42.5. The highest BCUT2D eigenvalue weighted by Crippen LogP contribution is 2.30. The molecule has 3 aromatic carbocycles. The number of likely N-dealkylation sites (N-methyl/N-ethyl adjacent to an activating group) is 3. The fourth-order valence-corrected chi connectivity index (χ4v) is 18.8. The Hall–Kier alpha value is -13.4. The molecule has 15 atom stereocenters. The number of unbranched alkanes of at least 4 members (excludes halogenated alkanes) is 4. The van der Waals surface area contributed by atoms with E-state index >= 15 is 43.2 Å². The quantitative estimate of drug-likeness (QED) is 0.0247. The number of hydrogen-bond acceptors (Lipinski definition) is 24. The molecule has 0 spiro atoms. The van der Waals surface area contributed by atoms with Crippen LogP contribution in [0.3, 0.4) is 0 Å². The SMILES string of the molecule is CCCC[C@H]1C(=O)N(C)[C@@H](CCCC)C(=O)N[C@@H](CC(C)C)C(=O)N[C@H](C(=O)NCC(N)=O)CSCC(=O)N[C@@H](Cc2ccc(O)cc2)C(=O)N(C)[C@@H](C)C(=O)N[C@@H](CC(N)=O)C(=O)N2CCC[C@H]2C(=O)N[C@@H](CC2=CN=CC2)C(=O)N[C@@H](CCCCN)C(=O)N2C[C@H](O)C[C@H]2C(=O)N[C@@H](Cc2c[nH]c3ccccc23)C(=O)N[C@@H](CCCCN)C(=O)N[C@@H](Cc2cn(CC(=O)O)c3ccccc23)C(=O)N1C. The molecule has 0 unspecified atom stereocenters. The average molecular weight is 1980 g/mol. The first-order valence-electron chi connectivity index (χ1n) is 48.2. The maximum atomic E-state index is 16.1. The maximum absolute atomic E-state index is 16.1. The van der Waals surface area contributed by atoms with Crippen LogP contribution in [0, 0.1) is 5.92 Å². The summed E-state index contributed by atoms with van der Waals surface area (Å²) in [5.41, 5.74) is 26.2. The van der Waals surface area contributed by atoms with Crippen molar-refractivity contribution in [1.82, 2.24) is 87.2 Å². The summed E-state index contributed by atoms with van der Waals surface area (Å²) in [5, 5.41) is 60.4. The molecule has 9 rings (SSSR count). The smallest absolute Gasteiger partial charge is 0.323 e. The van der Waals surface area contributed by atoms with E-state index in [1.165, 1.54) is 74.2 Å². The Morgan fingerprint density at radius 3 is 1.75 bits per heavy atom. The molecule has 4 aliphatic heterocycles. The van der Waals surface area contributed by atoms with Crippen molar-refractivity contribution in [2.75, 3.05) is 65.4 Å². The number of aliphatic carboxylic acids is 1. The van der Waals surface area contributed by atoms with Gasteiger partial charge in [-0.1, -0.05) is 102 Å². The number of aliphatic imine (C=N–C) groups is 1. The molecule has 43 nitrogen and oxygen atoms in total. The number of hydrogen-bond donors (Lipinski definition) is 18. The van der Waals surface area contributed by atoms with Crippen LogP contribution < -0.4 is 76.1 Å². The van der Waals surface area contributed by atoms with Gasteiger partial charge in [-0.3, -0.25) is 91.3 Å². The van der Waals surface area contributed by atoms with Gasteiger partial charge in [-0.15, -0.1) is 11.8 Å². The number of aromatic amines is 1. The van der Waals surface area contributed by atoms with Gasteiger partial charge >= 0.3 is 5.97 Å². The number of primary amides is 2. The van der Waals surface area contributed by atoms with Crippen molar-refractivity contribution in [3.63, 3.8) is 0 Å². The molecule has 768 valence electrons. The lowest BCUT2D eigenvalue weighted by molar-refractivity contribution is -0.149. The van der Waals surface area contributed by atoms with Crippen molar-refractivity contribution in [1.29, 1.82) is 0 Å². The molecular formula is C97H138N22O21S. The number of para-hydroxylation sites is 2. The molecule has 3 saturated heterocycles. The third-order valence-electron chi connectivity index (χ3n) is 25.8. The molecule has 0 radical (unpaired) electrons. The van der Waals surface area contributed by atoms with Gasteiger partial charge in [0.05, 0.1) is 24.8 Å². The van der Waals surface area contributed by atoms with E-state index in [0.29, 0.717) is 82.6 Å². The zero-order valence-electron chi connectivity index (χ0n) is 81.2. The Labute approximate surface area is 822 Å². The van der Waals surface area contributed by atoms with Crippen molar-refractivity contribution >= 4 is 146 Å². The van der Waals surface area contributed by atoms with Crippen molar-refractivity contribution in [3.05, 3.63) is 114 Å². The lowest BCUT2D eigenvalue weighted by atomic mass is 9.99. The molecule has 44 heteroatoms. The molecular weight excluding hydrogens is 1840 g/mol. The number of rotatable bonds is 31. The summed E-state index contributed by atoms with van der Waals surface area (Å²) >= 11 is 0.789. The Morgan fingerprint density at radius 1 is 0.553 bits per heavy atom. The van der Waals surface area contributed by atoms with Crippen molar-refractivity contribution in [3.8, 4) is 5.75 Å². The molecule has 0 aliphatic carbocycles. The summed E-state index contributed by atoms with van der Waals surface area (Å²) in [6, 6.07) is -1.88. The second-order valence-corrected chi connectivity index (χ2v) is 38.0. The molecule has 22 N–H and O–H groups in total. The van der Waals surface area contributed by atoms with Gasteiger partial charge in [0.2, 0.25) is 100 Å². The number of nitrogens with zero attached hydrogens (tertiary/aromatic N) is 7. The number of carboxylic acid groups (broad SMARTS) is 1. The third kappa shape index (κ3) is 31.6. The van der Waals surface area contributed by atoms with Gasteiger partial charge in [-0.25, -0.2) is 0 Å². The molecule has 5 aromatic rings. The van der Waals surface area contributed by atoms with Crippen molar-refractivity contribution in [2.45, 2.75) is 273 Å². The van der Waals surface area contributed by atoms with E-state index in [1.54, 1.807) is 74.8 Å². The lowest BCUT2D eigenvalue weighted by Gasteiger charge is -2.36. The highest BCUT2D eigenvalue weighted by molar-refractivity contribution is 8.00. The summed E-state index contributed by atoms with van der Waals surface area (Å²) in [7, 11) is 3.95. The minimum Gasteiger partial charge on any atom is -0.508 e. The number of benzene rings is 3. The number of aromatic hydroxyl groups is 1. The highest BCUT2D eigenvalue weighted by atomic mass is 32.2. The number of phenols is 1. The molecule has 0 saturated carbocycles. The number of thioether (sulfide) groups is 1. The van der Waals surface area contributed by atoms with Gasteiger partial charge in [-0.05, 0) is 150 Å². The van der Waals surface area contributed by atoms with Crippen LogP contribution in [0.15, 0.2) is 102 Å². The first kappa shape index (κ1) is 111. The summed E-state index contributed by atoms with van der Waals surface area (Å²) in [5.74, 6) is -18.1. The number of carboxylic acids is 1. The van der Waals surface area contributed by atoms with E-state index in [1.807, 2.05) is 13.8 Å². The van der Waals surface area contributed by atoms with Crippen LogP contribution in [-0.4, -0.2) is 318 Å². The second kappa shape index (κ2) is 53.9. The number of H-pyrrole nitrogens is 1. The van der Waals surface area contributed by atoms with E-state index < -0.39 is 235 Å². The molecule has 17 amide bonds. The predicted octanol–water partition coefficient (Wildman–Crippen LogP) is -0.586. The average Bonchev–Trinajstić information content (AvgIpc) is 1.72. The van der Waals surface area contributed by atoms with Gasteiger partial charge in [0.25, 0.3) is 0 Å². The van der Waals surface area contributed by atoms with Gasteiger partial charge < -0.3 is 125 Å². The van der Waals surface area contributed by atoms with Crippen LogP contribution in [0.2, 0.25) is 0 Å². The number of aliphatic hydroxyl groups excluding tert-OH is 1. The van der Waals surface area contributed by atoms with E-state index in [4.69, 9.17) is 22.9 Å². The molecule has 3 fully saturated rings. The summed E-state index contributed by atoms with van der Waals surface area (Å²) in [6.07, 6.45) is 5.33. The fraction of sp³-hybridized carbons (Fsp3) is 0.557. The van der Waals surface area contributed by atoms with E-state index in [2.05, 4.69) is 63.1 Å². The summed E-state index contributed by atoms with van der Waals surface area (Å²) in [4.78, 5) is 279. The Balaban J connectivity index is 1.13. The second-order valence-electron chi connectivity index (χ2n) is 37.0. The zero-order valence-corrected chi connectivity index (χ0v) is 82.0. The zero-order chi connectivity index (χ0) is 103. The van der Waals surface area contributed by atoms with Crippen molar-refractivity contribution < 1.29 is 102 Å². The van der Waals surface area contributed by atoms with Gasteiger partial charge in [0.1, 0.15) is 96.9 Å². The normalized spacial score (nSPS) is 24.7. The molecule has 2 aromatic heterocycles. The largest absolute Gasteiger partial charge is 0.508 e.